The summed E-state index contributed by atoms with van der Waals surface area (Å²) in [6.45, 7) is 13.7. The Morgan fingerprint density at radius 1 is 0.817 bits per heavy atom. The lowest BCUT2D eigenvalue weighted by molar-refractivity contribution is -0.114. The second-order valence-corrected chi connectivity index (χ2v) is 15.5. The van der Waals surface area contributed by atoms with Crippen LogP contribution < -0.4 is 21.7 Å². The molecule has 0 aliphatic carbocycles. The minimum atomic E-state index is -0.529. The SMILES string of the molecule is CCc1nc2c(cnn2CC)c(NC2CCOCC2)c1CNC(=O)c1ccnc(C2=CC(C(N)=O)=CCN2Cc2c(CC)nc3c(cnn3CC)c2NC2CCOCC2)c1. The highest BCUT2D eigenvalue weighted by Gasteiger charge is 2.27. The number of hydrogen-bond donors (Lipinski definition) is 4. The Bertz CT molecular complexity index is 2440. The summed E-state index contributed by atoms with van der Waals surface area (Å²) < 4.78 is 15.2. The number of primary amides is 1. The third kappa shape index (κ3) is 8.30. The maximum absolute atomic E-state index is 14.1. The van der Waals surface area contributed by atoms with E-state index in [1.165, 1.54) is 0 Å². The number of pyridine rings is 3. The molecule has 16 nitrogen and oxygen atoms in total. The van der Waals surface area contributed by atoms with Crippen molar-refractivity contribution in [3.63, 3.8) is 0 Å². The van der Waals surface area contributed by atoms with Gasteiger partial charge in [0, 0.05) is 111 Å². The van der Waals surface area contributed by atoms with E-state index in [0.717, 1.165) is 81.6 Å². The summed E-state index contributed by atoms with van der Waals surface area (Å²) in [5.41, 5.74) is 15.4. The Labute approximate surface area is 350 Å². The van der Waals surface area contributed by atoms with Crippen molar-refractivity contribution < 1.29 is 19.1 Å². The summed E-state index contributed by atoms with van der Waals surface area (Å²) in [4.78, 5) is 43.8. The predicted octanol–water partition coefficient (Wildman–Crippen LogP) is 5.12. The number of carbonyl (C=O) groups is 2. The molecule has 0 radical (unpaired) electrons. The topological polar surface area (TPSA) is 192 Å². The van der Waals surface area contributed by atoms with Gasteiger partial charge in [-0.05, 0) is 70.6 Å². The molecule has 0 aromatic carbocycles. The van der Waals surface area contributed by atoms with Gasteiger partial charge in [0.05, 0.1) is 45.9 Å². The Balaban J connectivity index is 1.10. The first kappa shape index (κ1) is 40.9. The van der Waals surface area contributed by atoms with Crippen molar-refractivity contribution >= 4 is 51.0 Å². The van der Waals surface area contributed by atoms with Gasteiger partial charge in [-0.1, -0.05) is 19.9 Å². The van der Waals surface area contributed by atoms with Gasteiger partial charge < -0.3 is 36.1 Å². The standard InChI is InChI=1S/C44H56N12O4/c1-5-35-31(39(50-29-11-17-59-18-12-29)32-24-48-55(7-3)42(32)52-35)23-47-44(58)28-9-15-46-37(21-28)38-22-27(41(45)57)10-16-54(38)26-34-36(6-2)53-43-33(25-49-56(43)8-4)40(34)51-30-13-19-60-20-14-30/h9-10,15,21-22,24-25,29-30H,5-8,11-14,16-20,23,26H2,1-4H3,(H2,45,57)(H,47,58)(H,50,52)(H,51,53). The van der Waals surface area contributed by atoms with Crippen LogP contribution in [0, 0.1) is 0 Å². The number of nitrogens with one attached hydrogen (secondary N) is 3. The van der Waals surface area contributed by atoms with Gasteiger partial charge in [-0.3, -0.25) is 14.6 Å². The largest absolute Gasteiger partial charge is 0.381 e. The number of anilines is 2. The van der Waals surface area contributed by atoms with Gasteiger partial charge >= 0.3 is 0 Å². The lowest BCUT2D eigenvalue weighted by Crippen LogP contribution is -2.31. The molecule has 316 valence electrons. The first-order valence-corrected chi connectivity index (χ1v) is 21.4. The summed E-state index contributed by atoms with van der Waals surface area (Å²) in [5.74, 6) is -0.784. The number of ether oxygens (including phenoxy) is 2. The molecule has 8 rings (SSSR count). The molecule has 2 saturated heterocycles. The minimum Gasteiger partial charge on any atom is -0.381 e. The highest BCUT2D eigenvalue weighted by Crippen LogP contribution is 2.36. The fourth-order valence-corrected chi connectivity index (χ4v) is 8.52. The van der Waals surface area contributed by atoms with Crippen LogP contribution in [0.4, 0.5) is 11.4 Å². The van der Waals surface area contributed by atoms with E-state index in [-0.39, 0.29) is 24.5 Å². The summed E-state index contributed by atoms with van der Waals surface area (Å²) in [5, 5.41) is 22.1. The second-order valence-electron chi connectivity index (χ2n) is 15.5. The molecule has 2 amide bonds. The molecule has 16 heteroatoms. The molecule has 3 aliphatic rings. The molecule has 5 N–H and O–H groups in total. The molecule has 60 heavy (non-hydrogen) atoms. The average molecular weight is 817 g/mol. The smallest absolute Gasteiger partial charge is 0.251 e. The Morgan fingerprint density at radius 2 is 1.38 bits per heavy atom. The highest BCUT2D eigenvalue weighted by molar-refractivity contribution is 5.99. The van der Waals surface area contributed by atoms with Crippen LogP contribution in [-0.2, 0) is 53.3 Å². The molecule has 0 saturated carbocycles. The molecule has 5 aromatic rings. The Hall–Kier alpha value is -5.87. The van der Waals surface area contributed by atoms with Crippen LogP contribution in [0.3, 0.4) is 0 Å². The molecule has 3 aliphatic heterocycles. The summed E-state index contributed by atoms with van der Waals surface area (Å²) >= 11 is 0. The van der Waals surface area contributed by atoms with E-state index in [0.29, 0.717) is 88.0 Å². The quantitative estimate of drug-likeness (QED) is 0.109. The first-order valence-electron chi connectivity index (χ1n) is 21.4. The van der Waals surface area contributed by atoms with Crippen molar-refractivity contribution in [1.82, 2.24) is 44.7 Å². The van der Waals surface area contributed by atoms with E-state index in [1.807, 2.05) is 27.8 Å². The number of aromatic nitrogens is 7. The summed E-state index contributed by atoms with van der Waals surface area (Å²) in [6.07, 6.45) is 14.0. The predicted molar refractivity (Wildman–Crippen MR) is 231 cm³/mol. The van der Waals surface area contributed by atoms with E-state index in [4.69, 9.17) is 30.2 Å². The van der Waals surface area contributed by atoms with Crippen molar-refractivity contribution in [3.05, 3.63) is 82.2 Å². The van der Waals surface area contributed by atoms with Crippen LogP contribution in [0.15, 0.2) is 48.4 Å². The van der Waals surface area contributed by atoms with E-state index >= 15 is 0 Å². The van der Waals surface area contributed by atoms with Crippen LogP contribution in [-0.4, -0.2) is 96.3 Å². The number of nitrogens with two attached hydrogens (primary N) is 1. The maximum atomic E-state index is 14.1. The zero-order chi connectivity index (χ0) is 41.8. The van der Waals surface area contributed by atoms with Crippen molar-refractivity contribution in [2.45, 2.75) is 104 Å². The normalized spacial score (nSPS) is 16.6. The van der Waals surface area contributed by atoms with Crippen LogP contribution in [0.1, 0.15) is 91.9 Å². The van der Waals surface area contributed by atoms with Gasteiger partial charge in [0.15, 0.2) is 11.3 Å². The van der Waals surface area contributed by atoms with E-state index < -0.39 is 5.91 Å². The van der Waals surface area contributed by atoms with Crippen molar-refractivity contribution in [2.75, 3.05) is 43.6 Å². The van der Waals surface area contributed by atoms with E-state index in [2.05, 4.69) is 58.7 Å². The monoisotopic (exact) mass is 816 g/mol. The third-order valence-corrected chi connectivity index (χ3v) is 11.9. The summed E-state index contributed by atoms with van der Waals surface area (Å²) in [6, 6.07) is 3.96. The minimum absolute atomic E-state index is 0.233. The number of carbonyl (C=O) groups excluding carboxylic acids is 2. The van der Waals surface area contributed by atoms with Crippen molar-refractivity contribution in [2.24, 2.45) is 5.73 Å². The number of amides is 2. The molecule has 0 unspecified atom stereocenters. The number of aryl methyl sites for hydroxylation is 4. The first-order chi connectivity index (χ1) is 29.3. The van der Waals surface area contributed by atoms with Crippen LogP contribution in [0.2, 0.25) is 0 Å². The summed E-state index contributed by atoms with van der Waals surface area (Å²) in [7, 11) is 0. The van der Waals surface area contributed by atoms with E-state index in [9.17, 15) is 9.59 Å². The Morgan fingerprint density at radius 3 is 1.93 bits per heavy atom. The molecule has 0 spiro atoms. The van der Waals surface area contributed by atoms with Gasteiger partial charge in [-0.2, -0.15) is 10.2 Å². The molecule has 2 fully saturated rings. The zero-order valence-corrected chi connectivity index (χ0v) is 35.1. The van der Waals surface area contributed by atoms with Crippen LogP contribution in [0.5, 0.6) is 0 Å². The lowest BCUT2D eigenvalue weighted by atomic mass is 10.0. The van der Waals surface area contributed by atoms with Gasteiger partial charge in [-0.25, -0.2) is 19.3 Å². The molecule has 8 heterocycles. The van der Waals surface area contributed by atoms with E-state index in [1.54, 1.807) is 24.4 Å². The van der Waals surface area contributed by atoms with Gasteiger partial charge in [0.1, 0.15) is 0 Å². The Kier molecular flexibility index (Phi) is 12.4. The molecule has 0 bridgehead atoms. The molecular formula is C44H56N12O4. The number of nitrogens with zero attached hydrogens (tertiary/aromatic N) is 8. The van der Waals surface area contributed by atoms with Crippen LogP contribution in [0.25, 0.3) is 27.8 Å². The fourth-order valence-electron chi connectivity index (χ4n) is 8.52. The maximum Gasteiger partial charge on any atom is 0.251 e. The van der Waals surface area contributed by atoms with Crippen LogP contribution >= 0.6 is 0 Å². The van der Waals surface area contributed by atoms with Gasteiger partial charge in [0.2, 0.25) is 5.91 Å². The number of rotatable bonds is 15. The molecular weight excluding hydrogens is 761 g/mol. The van der Waals surface area contributed by atoms with Crippen molar-refractivity contribution in [1.29, 1.82) is 0 Å². The highest BCUT2D eigenvalue weighted by atomic mass is 16.5. The number of fused-ring (bicyclic) bond motifs is 2. The van der Waals surface area contributed by atoms with Gasteiger partial charge in [0.25, 0.3) is 5.91 Å². The second kappa shape index (κ2) is 18.2. The van der Waals surface area contributed by atoms with Gasteiger partial charge in [-0.15, -0.1) is 0 Å². The molecule has 5 aromatic heterocycles. The molecule has 0 atom stereocenters. The van der Waals surface area contributed by atoms with Crippen molar-refractivity contribution in [3.8, 4) is 0 Å². The number of hydrogen-bond acceptors (Lipinski definition) is 12. The lowest BCUT2D eigenvalue weighted by Gasteiger charge is -2.32. The third-order valence-electron chi connectivity index (χ3n) is 11.9. The zero-order valence-electron chi connectivity index (χ0n) is 35.1. The average Bonchev–Trinajstić information content (AvgIpc) is 3.90. The fraction of sp³-hybridized carbons (Fsp3) is 0.477.